The quantitative estimate of drug-likeness (QED) is 0.808. The standard InChI is InChI=1S/C14H17N3O2/c1-2-19-14(18)12-4-6-13(7-5-12)15-9-11-17-10-3-8-16-17/h3-8,10,15H,2,9,11H2,1H3. The highest BCUT2D eigenvalue weighted by Gasteiger charge is 2.05. The van der Waals surface area contributed by atoms with Crippen LogP contribution < -0.4 is 5.32 Å². The summed E-state index contributed by atoms with van der Waals surface area (Å²) in [6.07, 6.45) is 3.68. The topological polar surface area (TPSA) is 56.1 Å². The second-order valence-corrected chi connectivity index (χ2v) is 3.99. The Morgan fingerprint density at radius 3 is 2.79 bits per heavy atom. The monoisotopic (exact) mass is 259 g/mol. The minimum atomic E-state index is -0.286. The average Bonchev–Trinajstić information content (AvgIpc) is 2.93. The minimum Gasteiger partial charge on any atom is -0.462 e. The van der Waals surface area contributed by atoms with Gasteiger partial charge in [-0.25, -0.2) is 4.79 Å². The van der Waals surface area contributed by atoms with Gasteiger partial charge in [-0.2, -0.15) is 5.10 Å². The molecule has 0 bridgehead atoms. The number of nitrogens with one attached hydrogen (secondary N) is 1. The van der Waals surface area contributed by atoms with E-state index in [2.05, 4.69) is 10.4 Å². The molecule has 0 aliphatic rings. The fourth-order valence-corrected chi connectivity index (χ4v) is 1.69. The van der Waals surface area contributed by atoms with Crippen LogP contribution in [0.4, 0.5) is 5.69 Å². The molecule has 2 aromatic rings. The zero-order valence-corrected chi connectivity index (χ0v) is 10.9. The van der Waals surface area contributed by atoms with Crippen LogP contribution in [0.5, 0.6) is 0 Å². The molecule has 0 spiro atoms. The molecule has 0 amide bonds. The van der Waals surface area contributed by atoms with Crippen molar-refractivity contribution in [1.82, 2.24) is 9.78 Å². The number of aromatic nitrogens is 2. The lowest BCUT2D eigenvalue weighted by Gasteiger charge is -2.07. The fourth-order valence-electron chi connectivity index (χ4n) is 1.69. The van der Waals surface area contributed by atoms with E-state index in [0.29, 0.717) is 12.2 Å². The average molecular weight is 259 g/mol. The van der Waals surface area contributed by atoms with Gasteiger partial charge in [-0.05, 0) is 37.3 Å². The SMILES string of the molecule is CCOC(=O)c1ccc(NCCn2cccn2)cc1. The Labute approximate surface area is 112 Å². The predicted octanol–water partition coefficient (Wildman–Crippen LogP) is 2.17. The van der Waals surface area contributed by atoms with Crippen molar-refractivity contribution in [2.75, 3.05) is 18.5 Å². The molecule has 100 valence electrons. The Morgan fingerprint density at radius 1 is 1.37 bits per heavy atom. The number of carbonyl (C=O) groups is 1. The molecule has 0 atom stereocenters. The van der Waals surface area contributed by atoms with Gasteiger partial charge in [-0.1, -0.05) is 0 Å². The first-order valence-corrected chi connectivity index (χ1v) is 6.28. The van der Waals surface area contributed by atoms with Gasteiger partial charge < -0.3 is 10.1 Å². The molecule has 0 unspecified atom stereocenters. The zero-order valence-electron chi connectivity index (χ0n) is 10.9. The van der Waals surface area contributed by atoms with Crippen LogP contribution in [-0.2, 0) is 11.3 Å². The van der Waals surface area contributed by atoms with Crippen molar-refractivity contribution in [3.63, 3.8) is 0 Å². The predicted molar refractivity (Wildman–Crippen MR) is 73.1 cm³/mol. The second kappa shape index (κ2) is 6.58. The molecule has 0 radical (unpaired) electrons. The van der Waals surface area contributed by atoms with E-state index in [-0.39, 0.29) is 5.97 Å². The maximum Gasteiger partial charge on any atom is 0.338 e. The van der Waals surface area contributed by atoms with Gasteiger partial charge in [0.15, 0.2) is 0 Å². The summed E-state index contributed by atoms with van der Waals surface area (Å²) in [5, 5.41) is 7.39. The van der Waals surface area contributed by atoms with Crippen molar-refractivity contribution in [3.8, 4) is 0 Å². The van der Waals surface area contributed by atoms with E-state index < -0.39 is 0 Å². The Morgan fingerprint density at radius 2 is 2.16 bits per heavy atom. The molecule has 0 aliphatic carbocycles. The number of ether oxygens (including phenoxy) is 1. The molecule has 0 aliphatic heterocycles. The number of rotatable bonds is 6. The number of hydrogen-bond donors (Lipinski definition) is 1. The van der Waals surface area contributed by atoms with Crippen molar-refractivity contribution < 1.29 is 9.53 Å². The lowest BCUT2D eigenvalue weighted by atomic mass is 10.2. The van der Waals surface area contributed by atoms with Crippen LogP contribution in [0.3, 0.4) is 0 Å². The molecule has 0 fully saturated rings. The summed E-state index contributed by atoms with van der Waals surface area (Å²) in [4.78, 5) is 11.5. The Kier molecular flexibility index (Phi) is 4.55. The third kappa shape index (κ3) is 3.84. The van der Waals surface area contributed by atoms with E-state index in [9.17, 15) is 4.79 Å². The number of esters is 1. The highest BCUT2D eigenvalue weighted by atomic mass is 16.5. The minimum absolute atomic E-state index is 0.286. The van der Waals surface area contributed by atoms with Crippen LogP contribution in [0.2, 0.25) is 0 Å². The van der Waals surface area contributed by atoms with E-state index in [4.69, 9.17) is 4.74 Å². The number of anilines is 1. The molecular formula is C14H17N3O2. The summed E-state index contributed by atoms with van der Waals surface area (Å²) >= 11 is 0. The molecule has 1 N–H and O–H groups in total. The van der Waals surface area contributed by atoms with Crippen LogP contribution in [0.15, 0.2) is 42.7 Å². The van der Waals surface area contributed by atoms with Crippen LogP contribution in [0, 0.1) is 0 Å². The molecule has 5 nitrogen and oxygen atoms in total. The number of hydrogen-bond acceptors (Lipinski definition) is 4. The maximum absolute atomic E-state index is 11.5. The molecule has 2 rings (SSSR count). The number of carbonyl (C=O) groups excluding carboxylic acids is 1. The molecule has 1 aromatic heterocycles. The van der Waals surface area contributed by atoms with Gasteiger partial charge >= 0.3 is 5.97 Å². The molecule has 5 heteroatoms. The second-order valence-electron chi connectivity index (χ2n) is 3.99. The largest absolute Gasteiger partial charge is 0.462 e. The highest BCUT2D eigenvalue weighted by molar-refractivity contribution is 5.89. The fraction of sp³-hybridized carbons (Fsp3) is 0.286. The first-order chi connectivity index (χ1) is 9.29. The summed E-state index contributed by atoms with van der Waals surface area (Å²) in [5.74, 6) is -0.286. The summed E-state index contributed by atoms with van der Waals surface area (Å²) in [5.41, 5.74) is 1.54. The maximum atomic E-state index is 11.5. The molecule has 0 saturated heterocycles. The van der Waals surface area contributed by atoms with E-state index in [1.165, 1.54) is 0 Å². The normalized spacial score (nSPS) is 10.2. The molecule has 19 heavy (non-hydrogen) atoms. The Balaban J connectivity index is 1.83. The van der Waals surface area contributed by atoms with Crippen molar-refractivity contribution in [1.29, 1.82) is 0 Å². The van der Waals surface area contributed by atoms with Gasteiger partial charge in [0, 0.05) is 24.6 Å². The van der Waals surface area contributed by atoms with Crippen LogP contribution in [0.1, 0.15) is 17.3 Å². The van der Waals surface area contributed by atoms with Gasteiger partial charge in [0.05, 0.1) is 18.7 Å². The van der Waals surface area contributed by atoms with Crippen LogP contribution in [-0.4, -0.2) is 28.9 Å². The van der Waals surface area contributed by atoms with Crippen LogP contribution >= 0.6 is 0 Å². The summed E-state index contributed by atoms with van der Waals surface area (Å²) < 4.78 is 6.79. The van der Waals surface area contributed by atoms with Crippen molar-refractivity contribution >= 4 is 11.7 Å². The van der Waals surface area contributed by atoms with Crippen molar-refractivity contribution in [2.45, 2.75) is 13.5 Å². The summed E-state index contributed by atoms with van der Waals surface area (Å²) in [7, 11) is 0. The van der Waals surface area contributed by atoms with Crippen molar-refractivity contribution in [2.24, 2.45) is 0 Å². The Bertz CT molecular complexity index is 506. The third-order valence-corrected chi connectivity index (χ3v) is 2.63. The lowest BCUT2D eigenvalue weighted by Crippen LogP contribution is -2.11. The first-order valence-electron chi connectivity index (χ1n) is 6.28. The summed E-state index contributed by atoms with van der Waals surface area (Å²) in [6, 6.07) is 9.15. The highest BCUT2D eigenvalue weighted by Crippen LogP contribution is 2.10. The zero-order chi connectivity index (χ0) is 13.5. The molecule has 1 aromatic carbocycles. The molecular weight excluding hydrogens is 242 g/mol. The van der Waals surface area contributed by atoms with E-state index in [1.807, 2.05) is 29.1 Å². The van der Waals surface area contributed by atoms with E-state index >= 15 is 0 Å². The smallest absolute Gasteiger partial charge is 0.338 e. The van der Waals surface area contributed by atoms with Gasteiger partial charge in [-0.3, -0.25) is 4.68 Å². The van der Waals surface area contributed by atoms with Gasteiger partial charge in [0.2, 0.25) is 0 Å². The van der Waals surface area contributed by atoms with E-state index in [1.54, 1.807) is 25.3 Å². The van der Waals surface area contributed by atoms with Crippen molar-refractivity contribution in [3.05, 3.63) is 48.3 Å². The number of nitrogens with zero attached hydrogens (tertiary/aromatic N) is 2. The summed E-state index contributed by atoms with van der Waals surface area (Å²) in [6.45, 7) is 3.76. The number of benzene rings is 1. The Hall–Kier alpha value is -2.30. The first kappa shape index (κ1) is 13.1. The van der Waals surface area contributed by atoms with Gasteiger partial charge in [0.25, 0.3) is 0 Å². The molecule has 1 heterocycles. The van der Waals surface area contributed by atoms with Crippen LogP contribution in [0.25, 0.3) is 0 Å². The van der Waals surface area contributed by atoms with Gasteiger partial charge in [-0.15, -0.1) is 0 Å². The van der Waals surface area contributed by atoms with E-state index in [0.717, 1.165) is 18.8 Å². The van der Waals surface area contributed by atoms with Gasteiger partial charge in [0.1, 0.15) is 0 Å². The lowest BCUT2D eigenvalue weighted by molar-refractivity contribution is 0.0526. The third-order valence-electron chi connectivity index (χ3n) is 2.63. The molecule has 0 saturated carbocycles.